The van der Waals surface area contributed by atoms with Gasteiger partial charge in [0.15, 0.2) is 0 Å². The number of aliphatic carboxylic acids is 2. The number of hydrogen-bond acceptors (Lipinski definition) is 2. The van der Waals surface area contributed by atoms with Crippen molar-refractivity contribution in [2.45, 2.75) is 97.3 Å². The van der Waals surface area contributed by atoms with E-state index in [4.69, 9.17) is 10.2 Å². The molecule has 0 radical (unpaired) electrons. The maximum absolute atomic E-state index is 10.1. The maximum atomic E-state index is 10.1. The molecule has 0 bridgehead atoms. The molecule has 0 aromatic heterocycles. The van der Waals surface area contributed by atoms with Crippen molar-refractivity contribution in [3.8, 4) is 0 Å². The van der Waals surface area contributed by atoms with Crippen molar-refractivity contribution in [3.05, 3.63) is 0 Å². The minimum atomic E-state index is -0.670. The van der Waals surface area contributed by atoms with Crippen LogP contribution in [0.3, 0.4) is 0 Å². The lowest BCUT2D eigenvalue weighted by Crippen LogP contribution is -1.93. The van der Waals surface area contributed by atoms with Crippen molar-refractivity contribution in [2.75, 3.05) is 0 Å². The van der Waals surface area contributed by atoms with Crippen LogP contribution < -0.4 is 0 Å². The van der Waals surface area contributed by atoms with Crippen LogP contribution in [0.15, 0.2) is 0 Å². The highest BCUT2D eigenvalue weighted by Crippen LogP contribution is 2.06. The molecule has 0 atom stereocenters. The molecule has 0 aromatic rings. The summed E-state index contributed by atoms with van der Waals surface area (Å²) in [5, 5.41) is 16.6. The average molecular weight is 302 g/mol. The minimum absolute atomic E-state index is 0.337. The molecule has 0 aromatic carbocycles. The molecule has 0 fully saturated rings. The topological polar surface area (TPSA) is 74.6 Å². The second-order valence-corrected chi connectivity index (χ2v) is 5.47. The molecule has 4 nitrogen and oxygen atoms in total. The number of rotatable bonds is 13. The van der Waals surface area contributed by atoms with Crippen LogP contribution in [0.4, 0.5) is 0 Å². The van der Waals surface area contributed by atoms with E-state index in [9.17, 15) is 9.59 Å². The van der Waals surface area contributed by atoms with E-state index < -0.39 is 11.9 Å². The van der Waals surface area contributed by atoms with Crippen molar-refractivity contribution in [2.24, 2.45) is 0 Å². The van der Waals surface area contributed by atoms with E-state index in [0.717, 1.165) is 25.7 Å². The Kier molecular flexibility index (Phi) is 20.0. The number of carboxylic acid groups (broad SMARTS) is 2. The predicted octanol–water partition coefficient (Wildman–Crippen LogP) is 5.25. The van der Waals surface area contributed by atoms with Gasteiger partial charge in [-0.2, -0.15) is 0 Å². The van der Waals surface area contributed by atoms with E-state index in [1.165, 1.54) is 44.9 Å². The summed E-state index contributed by atoms with van der Waals surface area (Å²) in [6, 6.07) is 0. The molecule has 126 valence electrons. The minimum Gasteiger partial charge on any atom is -0.481 e. The fraction of sp³-hybridized carbons (Fsp3) is 0.882. The molecule has 0 heterocycles. The summed E-state index contributed by atoms with van der Waals surface area (Å²) in [7, 11) is 0. The van der Waals surface area contributed by atoms with Gasteiger partial charge >= 0.3 is 11.9 Å². The van der Waals surface area contributed by atoms with E-state index in [-0.39, 0.29) is 0 Å². The molecule has 0 saturated heterocycles. The van der Waals surface area contributed by atoms with Crippen molar-refractivity contribution in [1.82, 2.24) is 0 Å². The molecule has 21 heavy (non-hydrogen) atoms. The third kappa shape index (κ3) is 28.0. The van der Waals surface area contributed by atoms with Gasteiger partial charge in [0.2, 0.25) is 0 Å². The molecule has 0 unspecified atom stereocenters. The van der Waals surface area contributed by atoms with Gasteiger partial charge in [0.25, 0.3) is 0 Å². The molecule has 0 aliphatic rings. The molecule has 0 spiro atoms. The smallest absolute Gasteiger partial charge is 0.303 e. The quantitative estimate of drug-likeness (QED) is 0.455. The highest BCUT2D eigenvalue weighted by molar-refractivity contribution is 5.66. The molecular formula is C17H34O4. The summed E-state index contributed by atoms with van der Waals surface area (Å²) in [6.07, 6.45) is 13.1. The molecule has 0 rings (SSSR count). The lowest BCUT2D eigenvalue weighted by atomic mass is 10.1. The van der Waals surface area contributed by atoms with Crippen LogP contribution in [0.1, 0.15) is 97.3 Å². The van der Waals surface area contributed by atoms with Gasteiger partial charge < -0.3 is 10.2 Å². The van der Waals surface area contributed by atoms with E-state index in [1.807, 2.05) is 0 Å². The number of carboxylic acids is 2. The van der Waals surface area contributed by atoms with E-state index in [1.54, 1.807) is 0 Å². The zero-order valence-electron chi connectivity index (χ0n) is 13.9. The van der Waals surface area contributed by atoms with Gasteiger partial charge in [-0.25, -0.2) is 0 Å². The van der Waals surface area contributed by atoms with E-state index >= 15 is 0 Å². The lowest BCUT2D eigenvalue weighted by molar-refractivity contribution is -0.138. The summed E-state index contributed by atoms with van der Waals surface area (Å²) in [6.45, 7) is 4.33. The first-order chi connectivity index (χ1) is 10.0. The maximum Gasteiger partial charge on any atom is 0.303 e. The Hall–Kier alpha value is -1.06. The average Bonchev–Trinajstić information content (AvgIpc) is 2.42. The molecular weight excluding hydrogens is 268 g/mol. The summed E-state index contributed by atoms with van der Waals surface area (Å²) in [4.78, 5) is 20.1. The van der Waals surface area contributed by atoms with Crippen molar-refractivity contribution in [1.29, 1.82) is 0 Å². The van der Waals surface area contributed by atoms with Crippen molar-refractivity contribution >= 4 is 11.9 Å². The van der Waals surface area contributed by atoms with Gasteiger partial charge in [0.1, 0.15) is 0 Å². The largest absolute Gasteiger partial charge is 0.481 e. The lowest BCUT2D eigenvalue weighted by Gasteiger charge is -1.97. The first-order valence-electron chi connectivity index (χ1n) is 8.48. The van der Waals surface area contributed by atoms with Gasteiger partial charge in [0.05, 0.1) is 0 Å². The SMILES string of the molecule is CCCCCCCC(=O)O.CCCCCCCCC(=O)O. The highest BCUT2D eigenvalue weighted by Gasteiger charge is 1.95. The third-order valence-electron chi connectivity index (χ3n) is 3.24. The zero-order valence-corrected chi connectivity index (χ0v) is 13.9. The predicted molar refractivity (Wildman–Crippen MR) is 86.6 cm³/mol. The van der Waals surface area contributed by atoms with Crippen LogP contribution >= 0.6 is 0 Å². The van der Waals surface area contributed by atoms with Crippen LogP contribution in [-0.4, -0.2) is 22.2 Å². The first-order valence-corrected chi connectivity index (χ1v) is 8.48. The monoisotopic (exact) mass is 302 g/mol. The van der Waals surface area contributed by atoms with Crippen molar-refractivity contribution in [3.63, 3.8) is 0 Å². The van der Waals surface area contributed by atoms with E-state index in [2.05, 4.69) is 13.8 Å². The summed E-state index contributed by atoms with van der Waals surface area (Å²) >= 11 is 0. The number of unbranched alkanes of at least 4 members (excludes halogenated alkanes) is 9. The molecule has 0 amide bonds. The van der Waals surface area contributed by atoms with Gasteiger partial charge in [-0.1, -0.05) is 71.6 Å². The van der Waals surface area contributed by atoms with Crippen LogP contribution in [0.2, 0.25) is 0 Å². The Morgan fingerprint density at radius 1 is 0.571 bits per heavy atom. The molecule has 2 N–H and O–H groups in total. The van der Waals surface area contributed by atoms with E-state index in [0.29, 0.717) is 12.8 Å². The Labute approximate surface area is 129 Å². The molecule has 4 heteroatoms. The Morgan fingerprint density at radius 2 is 0.857 bits per heavy atom. The summed E-state index contributed by atoms with van der Waals surface area (Å²) in [5.41, 5.74) is 0. The molecule has 0 aliphatic heterocycles. The second-order valence-electron chi connectivity index (χ2n) is 5.47. The van der Waals surface area contributed by atoms with Gasteiger partial charge in [-0.15, -0.1) is 0 Å². The standard InChI is InChI=1S/C9H18O2.C8H16O2/c1-2-3-4-5-6-7-8-9(10)11;1-2-3-4-5-6-7-8(9)10/h2-8H2,1H3,(H,10,11);2-7H2,1H3,(H,9,10). The number of hydrogen-bond donors (Lipinski definition) is 2. The normalized spacial score (nSPS) is 9.81. The fourth-order valence-corrected chi connectivity index (χ4v) is 1.94. The molecule has 0 saturated carbocycles. The van der Waals surface area contributed by atoms with Gasteiger partial charge in [0, 0.05) is 12.8 Å². The van der Waals surface area contributed by atoms with Crippen LogP contribution in [0.25, 0.3) is 0 Å². The Morgan fingerprint density at radius 3 is 1.14 bits per heavy atom. The highest BCUT2D eigenvalue weighted by atomic mass is 16.4. The van der Waals surface area contributed by atoms with Crippen LogP contribution in [0, 0.1) is 0 Å². The first kappa shape index (κ1) is 22.2. The van der Waals surface area contributed by atoms with Crippen molar-refractivity contribution < 1.29 is 19.8 Å². The summed E-state index contributed by atoms with van der Waals surface area (Å²) < 4.78 is 0. The Bertz CT molecular complexity index is 239. The summed E-state index contributed by atoms with van der Waals surface area (Å²) in [5.74, 6) is -1.34. The van der Waals surface area contributed by atoms with Gasteiger partial charge in [-0.3, -0.25) is 9.59 Å². The van der Waals surface area contributed by atoms with Gasteiger partial charge in [-0.05, 0) is 12.8 Å². The second kappa shape index (κ2) is 18.9. The molecule has 0 aliphatic carbocycles. The number of carbonyl (C=O) groups is 2. The zero-order chi connectivity index (χ0) is 16.3. The Balaban J connectivity index is 0. The fourth-order valence-electron chi connectivity index (χ4n) is 1.94. The van der Waals surface area contributed by atoms with Crippen LogP contribution in [0.5, 0.6) is 0 Å². The van der Waals surface area contributed by atoms with Crippen LogP contribution in [-0.2, 0) is 9.59 Å². The third-order valence-corrected chi connectivity index (χ3v) is 3.24.